The van der Waals surface area contributed by atoms with E-state index in [1.165, 1.54) is 5.56 Å². The fourth-order valence-corrected chi connectivity index (χ4v) is 2.31. The average molecular weight is 336 g/mol. The van der Waals surface area contributed by atoms with E-state index in [1.807, 2.05) is 6.07 Å². The summed E-state index contributed by atoms with van der Waals surface area (Å²) < 4.78 is 10.5. The highest BCUT2D eigenvalue weighted by Gasteiger charge is 2.05. The third-order valence-electron chi connectivity index (χ3n) is 3.80. The molecular formula is C18H32N4O2. The van der Waals surface area contributed by atoms with Gasteiger partial charge in [0.1, 0.15) is 5.75 Å². The van der Waals surface area contributed by atoms with Crippen LogP contribution in [0.1, 0.15) is 17.5 Å². The number of ether oxygens (including phenoxy) is 2. The Bertz CT molecular complexity index is 506. The second-order valence-corrected chi connectivity index (χ2v) is 5.82. The Labute approximate surface area is 146 Å². The van der Waals surface area contributed by atoms with Crippen LogP contribution in [0.25, 0.3) is 0 Å². The highest BCUT2D eigenvalue weighted by Crippen LogP contribution is 2.19. The lowest BCUT2D eigenvalue weighted by Gasteiger charge is -2.17. The molecule has 0 saturated carbocycles. The van der Waals surface area contributed by atoms with Crippen molar-refractivity contribution in [3.05, 3.63) is 29.3 Å². The maximum Gasteiger partial charge on any atom is 0.191 e. The number of hydrogen-bond donors (Lipinski definition) is 2. The van der Waals surface area contributed by atoms with Crippen LogP contribution in [-0.2, 0) is 11.3 Å². The van der Waals surface area contributed by atoms with Crippen molar-refractivity contribution in [1.29, 1.82) is 0 Å². The number of benzene rings is 1. The van der Waals surface area contributed by atoms with Gasteiger partial charge in [-0.1, -0.05) is 12.1 Å². The maximum absolute atomic E-state index is 5.43. The van der Waals surface area contributed by atoms with Crippen molar-refractivity contribution in [2.24, 2.45) is 4.99 Å². The summed E-state index contributed by atoms with van der Waals surface area (Å²) >= 11 is 0. The molecule has 0 spiro atoms. The molecule has 0 aromatic heterocycles. The van der Waals surface area contributed by atoms with Gasteiger partial charge >= 0.3 is 0 Å². The molecule has 0 unspecified atom stereocenters. The molecule has 136 valence electrons. The molecule has 6 nitrogen and oxygen atoms in total. The number of aliphatic imine (C=N–C) groups is 1. The number of hydrogen-bond acceptors (Lipinski definition) is 4. The normalized spacial score (nSPS) is 11.7. The lowest BCUT2D eigenvalue weighted by Crippen LogP contribution is -2.38. The zero-order valence-corrected chi connectivity index (χ0v) is 15.7. The number of guanidine groups is 1. The summed E-state index contributed by atoms with van der Waals surface area (Å²) in [6.07, 6.45) is 1.05. The monoisotopic (exact) mass is 336 g/mol. The number of nitrogens with zero attached hydrogens (tertiary/aromatic N) is 2. The standard InChI is InChI=1S/C18H32N4O2/c1-15-7-8-16(17(13-15)24-5)14-21-18(19-2)20-9-6-10-22(3)11-12-23-4/h7-8,13H,6,9-12,14H2,1-5H3,(H2,19,20,21). The maximum atomic E-state index is 5.43. The molecule has 0 aliphatic carbocycles. The predicted octanol–water partition coefficient (Wildman–Crippen LogP) is 1.64. The predicted molar refractivity (Wildman–Crippen MR) is 99.9 cm³/mol. The smallest absolute Gasteiger partial charge is 0.191 e. The number of likely N-dealkylation sites (N-methyl/N-ethyl adjacent to an activating group) is 1. The molecule has 24 heavy (non-hydrogen) atoms. The molecule has 0 radical (unpaired) electrons. The number of rotatable bonds is 10. The van der Waals surface area contributed by atoms with Crippen molar-refractivity contribution in [3.63, 3.8) is 0 Å². The van der Waals surface area contributed by atoms with Gasteiger partial charge in [-0.3, -0.25) is 4.99 Å². The van der Waals surface area contributed by atoms with E-state index in [4.69, 9.17) is 9.47 Å². The molecule has 1 aromatic rings. The average Bonchev–Trinajstić information content (AvgIpc) is 2.60. The second kappa shape index (κ2) is 11.7. The number of aryl methyl sites for hydroxylation is 1. The summed E-state index contributed by atoms with van der Waals surface area (Å²) in [4.78, 5) is 6.52. The Kier molecular flexibility index (Phi) is 9.88. The van der Waals surface area contributed by atoms with Crippen LogP contribution in [-0.4, -0.2) is 65.4 Å². The Morgan fingerprint density at radius 3 is 2.67 bits per heavy atom. The highest BCUT2D eigenvalue weighted by atomic mass is 16.5. The summed E-state index contributed by atoms with van der Waals surface area (Å²) in [5.41, 5.74) is 2.31. The summed E-state index contributed by atoms with van der Waals surface area (Å²) in [5.74, 6) is 1.70. The Morgan fingerprint density at radius 1 is 1.21 bits per heavy atom. The second-order valence-electron chi connectivity index (χ2n) is 5.82. The van der Waals surface area contributed by atoms with Gasteiger partial charge in [0.15, 0.2) is 5.96 Å². The van der Waals surface area contributed by atoms with Gasteiger partial charge in [0, 0.05) is 39.4 Å². The van der Waals surface area contributed by atoms with Crippen LogP contribution in [0.2, 0.25) is 0 Å². The largest absolute Gasteiger partial charge is 0.496 e. The van der Waals surface area contributed by atoms with Gasteiger partial charge in [0.25, 0.3) is 0 Å². The molecule has 0 heterocycles. The van der Waals surface area contributed by atoms with Gasteiger partial charge in [-0.15, -0.1) is 0 Å². The first-order valence-corrected chi connectivity index (χ1v) is 8.36. The van der Waals surface area contributed by atoms with Crippen molar-refractivity contribution >= 4 is 5.96 Å². The van der Waals surface area contributed by atoms with E-state index < -0.39 is 0 Å². The van der Waals surface area contributed by atoms with Crippen LogP contribution in [0.3, 0.4) is 0 Å². The lowest BCUT2D eigenvalue weighted by molar-refractivity contribution is 0.161. The van der Waals surface area contributed by atoms with Crippen molar-refractivity contribution < 1.29 is 9.47 Å². The summed E-state index contributed by atoms with van der Waals surface area (Å²) in [5, 5.41) is 6.67. The van der Waals surface area contributed by atoms with E-state index in [2.05, 4.69) is 46.6 Å². The molecular weight excluding hydrogens is 304 g/mol. The van der Waals surface area contributed by atoms with Crippen LogP contribution in [0.5, 0.6) is 5.75 Å². The minimum atomic E-state index is 0.677. The van der Waals surface area contributed by atoms with Gasteiger partial charge in [0.05, 0.1) is 13.7 Å². The number of methoxy groups -OCH3 is 2. The van der Waals surface area contributed by atoms with Crippen LogP contribution in [0.4, 0.5) is 0 Å². The first-order valence-electron chi connectivity index (χ1n) is 8.36. The summed E-state index contributed by atoms with van der Waals surface area (Å²) in [6.45, 7) is 6.37. The van der Waals surface area contributed by atoms with Gasteiger partial charge < -0.3 is 25.0 Å². The van der Waals surface area contributed by atoms with Crippen molar-refractivity contribution in [2.75, 3.05) is 54.6 Å². The fraction of sp³-hybridized carbons (Fsp3) is 0.611. The molecule has 0 aliphatic rings. The van der Waals surface area contributed by atoms with E-state index in [0.29, 0.717) is 6.54 Å². The van der Waals surface area contributed by atoms with Crippen molar-refractivity contribution in [2.45, 2.75) is 19.9 Å². The first kappa shape index (κ1) is 20.3. The Hall–Kier alpha value is -1.79. The van der Waals surface area contributed by atoms with Crippen molar-refractivity contribution in [3.8, 4) is 5.75 Å². The van der Waals surface area contributed by atoms with E-state index >= 15 is 0 Å². The highest BCUT2D eigenvalue weighted by molar-refractivity contribution is 5.79. The molecule has 0 amide bonds. The topological polar surface area (TPSA) is 58.1 Å². The Balaban J connectivity index is 2.33. The molecule has 2 N–H and O–H groups in total. The minimum absolute atomic E-state index is 0.677. The molecule has 0 aliphatic heterocycles. The minimum Gasteiger partial charge on any atom is -0.496 e. The molecule has 6 heteroatoms. The summed E-state index contributed by atoms with van der Waals surface area (Å²) in [7, 11) is 7.32. The van der Waals surface area contributed by atoms with Crippen LogP contribution in [0, 0.1) is 6.92 Å². The van der Waals surface area contributed by atoms with E-state index in [1.54, 1.807) is 21.3 Å². The van der Waals surface area contributed by atoms with Crippen LogP contribution in [0.15, 0.2) is 23.2 Å². The van der Waals surface area contributed by atoms with Gasteiger partial charge in [-0.05, 0) is 38.6 Å². The zero-order valence-electron chi connectivity index (χ0n) is 15.7. The molecule has 0 fully saturated rings. The third-order valence-corrected chi connectivity index (χ3v) is 3.80. The summed E-state index contributed by atoms with van der Waals surface area (Å²) in [6, 6.07) is 6.22. The quantitative estimate of drug-likeness (QED) is 0.386. The van der Waals surface area contributed by atoms with E-state index in [0.717, 1.165) is 49.9 Å². The fourth-order valence-electron chi connectivity index (χ4n) is 2.31. The molecule has 0 atom stereocenters. The van der Waals surface area contributed by atoms with Gasteiger partial charge in [0.2, 0.25) is 0 Å². The number of nitrogens with one attached hydrogen (secondary N) is 2. The lowest BCUT2D eigenvalue weighted by atomic mass is 10.1. The Morgan fingerprint density at radius 2 is 2.00 bits per heavy atom. The molecule has 1 rings (SSSR count). The van der Waals surface area contributed by atoms with Crippen molar-refractivity contribution in [1.82, 2.24) is 15.5 Å². The van der Waals surface area contributed by atoms with E-state index in [-0.39, 0.29) is 0 Å². The first-order chi connectivity index (χ1) is 11.6. The molecule has 0 bridgehead atoms. The molecule has 1 aromatic carbocycles. The van der Waals surface area contributed by atoms with Gasteiger partial charge in [-0.2, -0.15) is 0 Å². The van der Waals surface area contributed by atoms with Crippen LogP contribution >= 0.6 is 0 Å². The third kappa shape index (κ3) is 7.66. The van der Waals surface area contributed by atoms with Gasteiger partial charge in [-0.25, -0.2) is 0 Å². The van der Waals surface area contributed by atoms with E-state index in [9.17, 15) is 0 Å². The zero-order chi connectivity index (χ0) is 17.8. The SMILES string of the molecule is CN=C(NCCCN(C)CCOC)NCc1ccc(C)cc1OC. The molecule has 0 saturated heterocycles. The van der Waals surface area contributed by atoms with Crippen LogP contribution < -0.4 is 15.4 Å².